The van der Waals surface area contributed by atoms with E-state index in [4.69, 9.17) is 0 Å². The van der Waals surface area contributed by atoms with Crippen molar-refractivity contribution in [1.29, 1.82) is 0 Å². The molecule has 76 valence electrons. The molecule has 0 bridgehead atoms. The molecule has 0 atom stereocenters. The number of benzene rings is 1. The first kappa shape index (κ1) is 9.87. The number of hydrogen-bond donors (Lipinski definition) is 1. The Morgan fingerprint density at radius 1 is 1.27 bits per heavy atom. The van der Waals surface area contributed by atoms with Crippen molar-refractivity contribution in [2.45, 2.75) is 0 Å². The Labute approximate surface area is 89.7 Å². The van der Waals surface area contributed by atoms with Crippen LogP contribution in [0.3, 0.4) is 0 Å². The fraction of sp³-hybridized carbons (Fsp3) is 0.154. The van der Waals surface area contributed by atoms with Gasteiger partial charge in [0.2, 0.25) is 0 Å². The van der Waals surface area contributed by atoms with Crippen LogP contribution >= 0.6 is 0 Å². The third-order valence-electron chi connectivity index (χ3n) is 2.30. The SMILES string of the molecule is CNCC=Cc1ccc2cnccc2c1. The van der Waals surface area contributed by atoms with Gasteiger partial charge < -0.3 is 5.32 Å². The van der Waals surface area contributed by atoms with Gasteiger partial charge in [-0.1, -0.05) is 24.3 Å². The maximum absolute atomic E-state index is 4.09. The van der Waals surface area contributed by atoms with E-state index >= 15 is 0 Å². The molecule has 1 aromatic heterocycles. The van der Waals surface area contributed by atoms with Crippen LogP contribution in [0, 0.1) is 0 Å². The zero-order chi connectivity index (χ0) is 10.5. The molecule has 0 spiro atoms. The zero-order valence-corrected chi connectivity index (χ0v) is 8.77. The topological polar surface area (TPSA) is 24.9 Å². The van der Waals surface area contributed by atoms with Gasteiger partial charge in [-0.25, -0.2) is 0 Å². The van der Waals surface area contributed by atoms with Crippen LogP contribution in [0.2, 0.25) is 0 Å². The quantitative estimate of drug-likeness (QED) is 0.819. The van der Waals surface area contributed by atoms with Crippen molar-refractivity contribution in [3.63, 3.8) is 0 Å². The fourth-order valence-corrected chi connectivity index (χ4v) is 1.52. The predicted octanol–water partition coefficient (Wildman–Crippen LogP) is 2.47. The third-order valence-corrected chi connectivity index (χ3v) is 2.30. The number of nitrogens with zero attached hydrogens (tertiary/aromatic N) is 1. The molecule has 0 amide bonds. The van der Waals surface area contributed by atoms with Gasteiger partial charge in [0.15, 0.2) is 0 Å². The van der Waals surface area contributed by atoms with E-state index in [9.17, 15) is 0 Å². The smallest absolute Gasteiger partial charge is 0.0346 e. The highest BCUT2D eigenvalue weighted by Gasteiger charge is 1.92. The van der Waals surface area contributed by atoms with Gasteiger partial charge in [-0.3, -0.25) is 4.98 Å². The first-order valence-electron chi connectivity index (χ1n) is 5.05. The highest BCUT2D eigenvalue weighted by atomic mass is 14.8. The van der Waals surface area contributed by atoms with Crippen molar-refractivity contribution in [3.8, 4) is 0 Å². The summed E-state index contributed by atoms with van der Waals surface area (Å²) in [6.07, 6.45) is 7.94. The van der Waals surface area contributed by atoms with Crippen LogP contribution in [0.25, 0.3) is 16.8 Å². The second-order valence-electron chi connectivity index (χ2n) is 3.44. The standard InChI is InChI=1S/C13H14N2/c1-14-7-2-3-11-4-5-13-10-15-8-6-12(13)9-11/h2-6,8-10,14H,7H2,1H3. The second kappa shape index (κ2) is 4.71. The highest BCUT2D eigenvalue weighted by molar-refractivity contribution is 5.83. The first-order chi connectivity index (χ1) is 7.40. The number of pyridine rings is 1. The summed E-state index contributed by atoms with van der Waals surface area (Å²) < 4.78 is 0. The van der Waals surface area contributed by atoms with Gasteiger partial charge >= 0.3 is 0 Å². The van der Waals surface area contributed by atoms with Crippen LogP contribution < -0.4 is 5.32 Å². The highest BCUT2D eigenvalue weighted by Crippen LogP contribution is 2.15. The molecule has 0 saturated heterocycles. The van der Waals surface area contributed by atoms with E-state index in [1.807, 2.05) is 25.5 Å². The van der Waals surface area contributed by atoms with Crippen molar-refractivity contribution in [2.75, 3.05) is 13.6 Å². The third kappa shape index (κ3) is 2.42. The number of likely N-dealkylation sites (N-methyl/N-ethyl adjacent to an activating group) is 1. The molecule has 1 N–H and O–H groups in total. The molecule has 0 unspecified atom stereocenters. The minimum Gasteiger partial charge on any atom is -0.316 e. The van der Waals surface area contributed by atoms with Crippen LogP contribution in [0.1, 0.15) is 5.56 Å². The maximum Gasteiger partial charge on any atom is 0.0346 e. The molecule has 1 aromatic carbocycles. The molecular weight excluding hydrogens is 184 g/mol. The minimum absolute atomic E-state index is 0.897. The lowest BCUT2D eigenvalue weighted by molar-refractivity contribution is 0.922. The van der Waals surface area contributed by atoms with Gasteiger partial charge in [0.1, 0.15) is 0 Å². The van der Waals surface area contributed by atoms with E-state index in [2.05, 4.69) is 40.7 Å². The van der Waals surface area contributed by atoms with Crippen molar-refractivity contribution in [1.82, 2.24) is 10.3 Å². The molecule has 0 aliphatic carbocycles. The number of fused-ring (bicyclic) bond motifs is 1. The van der Waals surface area contributed by atoms with Crippen LogP contribution in [0.5, 0.6) is 0 Å². The van der Waals surface area contributed by atoms with Gasteiger partial charge in [-0.05, 0) is 30.1 Å². The van der Waals surface area contributed by atoms with E-state index < -0.39 is 0 Å². The number of hydrogen-bond acceptors (Lipinski definition) is 2. The molecule has 15 heavy (non-hydrogen) atoms. The van der Waals surface area contributed by atoms with E-state index in [0.717, 1.165) is 6.54 Å². The van der Waals surface area contributed by atoms with Crippen LogP contribution in [-0.2, 0) is 0 Å². The van der Waals surface area contributed by atoms with Gasteiger partial charge in [0.25, 0.3) is 0 Å². The molecule has 0 radical (unpaired) electrons. The fourth-order valence-electron chi connectivity index (χ4n) is 1.52. The predicted molar refractivity (Wildman–Crippen MR) is 64.7 cm³/mol. The van der Waals surface area contributed by atoms with Crippen molar-refractivity contribution < 1.29 is 0 Å². The van der Waals surface area contributed by atoms with Crippen LogP contribution in [-0.4, -0.2) is 18.6 Å². The Morgan fingerprint density at radius 3 is 3.07 bits per heavy atom. The number of rotatable bonds is 3. The Hall–Kier alpha value is -1.67. The summed E-state index contributed by atoms with van der Waals surface area (Å²) >= 11 is 0. The lowest BCUT2D eigenvalue weighted by atomic mass is 10.1. The Kier molecular flexibility index (Phi) is 3.10. The molecule has 0 fully saturated rings. The summed E-state index contributed by atoms with van der Waals surface area (Å²) in [7, 11) is 1.94. The Bertz CT molecular complexity index is 475. The molecule has 2 rings (SSSR count). The van der Waals surface area contributed by atoms with E-state index in [-0.39, 0.29) is 0 Å². The van der Waals surface area contributed by atoms with Crippen molar-refractivity contribution >= 4 is 16.8 Å². The van der Waals surface area contributed by atoms with Gasteiger partial charge in [-0.15, -0.1) is 0 Å². The summed E-state index contributed by atoms with van der Waals surface area (Å²) in [6.45, 7) is 0.897. The summed E-state index contributed by atoms with van der Waals surface area (Å²) in [4.78, 5) is 4.09. The van der Waals surface area contributed by atoms with Crippen molar-refractivity contribution in [2.24, 2.45) is 0 Å². The summed E-state index contributed by atoms with van der Waals surface area (Å²) in [5, 5.41) is 5.49. The molecule has 2 aromatic rings. The van der Waals surface area contributed by atoms with E-state index in [1.165, 1.54) is 16.3 Å². The monoisotopic (exact) mass is 198 g/mol. The first-order valence-corrected chi connectivity index (χ1v) is 5.05. The summed E-state index contributed by atoms with van der Waals surface area (Å²) in [6, 6.07) is 8.41. The molecule has 1 heterocycles. The molecule has 0 saturated carbocycles. The second-order valence-corrected chi connectivity index (χ2v) is 3.44. The molecule has 0 aliphatic rings. The van der Waals surface area contributed by atoms with Gasteiger partial charge in [0.05, 0.1) is 0 Å². The van der Waals surface area contributed by atoms with Crippen LogP contribution in [0.4, 0.5) is 0 Å². The van der Waals surface area contributed by atoms with Gasteiger partial charge in [-0.2, -0.15) is 0 Å². The molecule has 2 nitrogen and oxygen atoms in total. The maximum atomic E-state index is 4.09. The van der Waals surface area contributed by atoms with Crippen LogP contribution in [0.15, 0.2) is 42.7 Å². The molecule has 2 heteroatoms. The average Bonchev–Trinajstić information content (AvgIpc) is 2.29. The number of nitrogens with one attached hydrogen (secondary N) is 1. The van der Waals surface area contributed by atoms with E-state index in [0.29, 0.717) is 0 Å². The Balaban J connectivity index is 2.30. The summed E-state index contributed by atoms with van der Waals surface area (Å²) in [5.41, 5.74) is 1.23. The molecular formula is C13H14N2. The lowest BCUT2D eigenvalue weighted by Crippen LogP contribution is -2.03. The number of aromatic nitrogens is 1. The average molecular weight is 198 g/mol. The van der Waals surface area contributed by atoms with Gasteiger partial charge in [0, 0.05) is 24.3 Å². The summed E-state index contributed by atoms with van der Waals surface area (Å²) in [5.74, 6) is 0. The van der Waals surface area contributed by atoms with E-state index in [1.54, 1.807) is 0 Å². The zero-order valence-electron chi connectivity index (χ0n) is 8.77. The normalized spacial score (nSPS) is 11.3. The van der Waals surface area contributed by atoms with Crippen molar-refractivity contribution in [3.05, 3.63) is 48.3 Å². The Morgan fingerprint density at radius 2 is 2.20 bits per heavy atom. The minimum atomic E-state index is 0.897. The largest absolute Gasteiger partial charge is 0.316 e. The molecule has 0 aliphatic heterocycles. The lowest BCUT2D eigenvalue weighted by Gasteiger charge is -1.98.